The first-order chi connectivity index (χ1) is 10.0. The van der Waals surface area contributed by atoms with Crippen LogP contribution < -0.4 is 11.3 Å². The van der Waals surface area contributed by atoms with E-state index < -0.39 is 0 Å². The summed E-state index contributed by atoms with van der Waals surface area (Å²) in [5, 5.41) is 0.991. The second kappa shape index (κ2) is 5.25. The molecule has 0 aliphatic heterocycles. The fourth-order valence-corrected chi connectivity index (χ4v) is 2.60. The van der Waals surface area contributed by atoms with E-state index in [1.54, 1.807) is 18.2 Å². The van der Waals surface area contributed by atoms with Gasteiger partial charge >= 0.3 is 0 Å². The fraction of sp³-hybridized carbons (Fsp3) is 0.214. The highest BCUT2D eigenvalue weighted by atomic mass is 32.2. The molecular weight excluding hydrogens is 288 g/mol. The number of nitrogens with two attached hydrogens (primary N) is 1. The van der Waals surface area contributed by atoms with E-state index in [4.69, 9.17) is 10.2 Å². The molecule has 0 radical (unpaired) electrons. The smallest absolute Gasteiger partial charge is 0.263 e. The molecule has 0 aliphatic rings. The van der Waals surface area contributed by atoms with Crippen LogP contribution in [-0.4, -0.2) is 15.0 Å². The number of aromatic amines is 1. The molecule has 3 N–H and O–H groups in total. The lowest BCUT2D eigenvalue weighted by atomic mass is 10.2. The molecular formula is C14H14N4O2S. The summed E-state index contributed by atoms with van der Waals surface area (Å²) in [5.41, 5.74) is 7.48. The summed E-state index contributed by atoms with van der Waals surface area (Å²) in [4.78, 5) is 23.1. The predicted octanol–water partition coefficient (Wildman–Crippen LogP) is 2.77. The van der Waals surface area contributed by atoms with Gasteiger partial charge in [0.15, 0.2) is 5.58 Å². The van der Waals surface area contributed by atoms with E-state index in [1.165, 1.54) is 17.8 Å². The Labute approximate surface area is 124 Å². The van der Waals surface area contributed by atoms with Crippen LogP contribution in [0, 0.1) is 0 Å². The minimum Gasteiger partial charge on any atom is -0.431 e. The van der Waals surface area contributed by atoms with Gasteiger partial charge in [-0.3, -0.25) is 4.79 Å². The Bertz CT molecular complexity index is 854. The number of rotatable bonds is 3. The number of nitrogens with one attached hydrogen (secondary N) is 1. The number of benzene rings is 1. The summed E-state index contributed by atoms with van der Waals surface area (Å²) in [5.74, 6) is 0.784. The summed E-state index contributed by atoms with van der Waals surface area (Å²) < 4.78 is 5.61. The van der Waals surface area contributed by atoms with Crippen LogP contribution in [-0.2, 0) is 0 Å². The van der Waals surface area contributed by atoms with E-state index in [0.717, 1.165) is 5.52 Å². The normalized spacial score (nSPS) is 11.4. The summed E-state index contributed by atoms with van der Waals surface area (Å²) in [6.07, 6.45) is 0. The van der Waals surface area contributed by atoms with Gasteiger partial charge in [-0.1, -0.05) is 13.8 Å². The molecule has 2 aromatic heterocycles. The minimum atomic E-state index is -0.184. The minimum absolute atomic E-state index is 0.140. The molecule has 0 saturated carbocycles. The van der Waals surface area contributed by atoms with Gasteiger partial charge < -0.3 is 15.1 Å². The lowest BCUT2D eigenvalue weighted by Gasteiger charge is -2.04. The monoisotopic (exact) mass is 302 g/mol. The van der Waals surface area contributed by atoms with Gasteiger partial charge in [-0.25, -0.2) is 9.97 Å². The van der Waals surface area contributed by atoms with Crippen LogP contribution in [0.2, 0.25) is 0 Å². The maximum Gasteiger partial charge on any atom is 0.263 e. The molecule has 0 unspecified atom stereocenters. The molecule has 0 atom stereocenters. The van der Waals surface area contributed by atoms with Crippen molar-refractivity contribution in [2.24, 2.45) is 0 Å². The quantitative estimate of drug-likeness (QED) is 0.570. The third kappa shape index (κ3) is 2.92. The highest BCUT2D eigenvalue weighted by Crippen LogP contribution is 2.29. The van der Waals surface area contributed by atoms with Crippen molar-refractivity contribution in [1.29, 1.82) is 0 Å². The molecule has 21 heavy (non-hydrogen) atoms. The van der Waals surface area contributed by atoms with Gasteiger partial charge in [-0.15, -0.1) is 0 Å². The number of hydrogen-bond acceptors (Lipinski definition) is 6. The molecule has 0 amide bonds. The van der Waals surface area contributed by atoms with Crippen molar-refractivity contribution in [2.45, 2.75) is 30.0 Å². The Hall–Kier alpha value is -2.28. The number of nitrogen functional groups attached to an aromatic ring is 1. The van der Waals surface area contributed by atoms with Crippen molar-refractivity contribution in [1.82, 2.24) is 15.0 Å². The molecule has 7 heteroatoms. The highest BCUT2D eigenvalue weighted by Gasteiger charge is 2.11. The van der Waals surface area contributed by atoms with Crippen LogP contribution in [0.15, 0.2) is 43.7 Å². The summed E-state index contributed by atoms with van der Waals surface area (Å²) >= 11 is 1.22. The maximum absolute atomic E-state index is 11.6. The molecule has 108 valence electrons. The topological polar surface area (TPSA) is 97.8 Å². The van der Waals surface area contributed by atoms with Crippen molar-refractivity contribution in [2.75, 3.05) is 5.73 Å². The number of oxazole rings is 1. The van der Waals surface area contributed by atoms with Crippen LogP contribution in [0.1, 0.15) is 25.6 Å². The second-order valence-electron chi connectivity index (χ2n) is 4.93. The van der Waals surface area contributed by atoms with Crippen LogP contribution in [0.5, 0.6) is 0 Å². The number of hydrogen-bond donors (Lipinski definition) is 2. The molecule has 6 nitrogen and oxygen atoms in total. The standard InChI is InChI=1S/C14H14N4O2S/c1-7(2)13-17-11(19)6-12(18-13)21-14-16-9-4-3-8(15)5-10(9)20-14/h3-7H,15H2,1-2H3,(H,17,18,19). The van der Waals surface area contributed by atoms with Gasteiger partial charge in [0.25, 0.3) is 10.8 Å². The molecule has 0 aliphatic carbocycles. The third-order valence-corrected chi connectivity index (χ3v) is 3.64. The van der Waals surface area contributed by atoms with Gasteiger partial charge in [0.2, 0.25) is 0 Å². The molecule has 3 rings (SSSR count). The van der Waals surface area contributed by atoms with Gasteiger partial charge in [-0.05, 0) is 23.9 Å². The molecule has 2 heterocycles. The molecule has 0 fully saturated rings. The van der Waals surface area contributed by atoms with E-state index in [-0.39, 0.29) is 11.5 Å². The zero-order valence-corrected chi connectivity index (χ0v) is 12.4. The van der Waals surface area contributed by atoms with E-state index in [2.05, 4.69) is 15.0 Å². The SMILES string of the molecule is CC(C)c1nc(Sc2nc3ccc(N)cc3o2)cc(=O)[nH]1. The zero-order chi connectivity index (χ0) is 15.0. The first-order valence-corrected chi connectivity index (χ1v) is 7.28. The van der Waals surface area contributed by atoms with Gasteiger partial charge in [-0.2, -0.15) is 0 Å². The third-order valence-electron chi connectivity index (χ3n) is 2.87. The van der Waals surface area contributed by atoms with Gasteiger partial charge in [0.1, 0.15) is 16.4 Å². The van der Waals surface area contributed by atoms with Crippen LogP contribution in [0.25, 0.3) is 11.1 Å². The number of nitrogens with zero attached hydrogens (tertiary/aromatic N) is 2. The number of fused-ring (bicyclic) bond motifs is 1. The van der Waals surface area contributed by atoms with Crippen molar-refractivity contribution in [3.05, 3.63) is 40.4 Å². The second-order valence-corrected chi connectivity index (χ2v) is 5.90. The number of anilines is 1. The van der Waals surface area contributed by atoms with Gasteiger partial charge in [0, 0.05) is 23.7 Å². The highest BCUT2D eigenvalue weighted by molar-refractivity contribution is 7.99. The molecule has 0 spiro atoms. The largest absolute Gasteiger partial charge is 0.431 e. The van der Waals surface area contributed by atoms with E-state index >= 15 is 0 Å². The Morgan fingerprint density at radius 1 is 1.29 bits per heavy atom. The average molecular weight is 302 g/mol. The van der Waals surface area contributed by atoms with Gasteiger partial charge in [0.05, 0.1) is 0 Å². The van der Waals surface area contributed by atoms with Crippen LogP contribution in [0.3, 0.4) is 0 Å². The average Bonchev–Trinajstić information content (AvgIpc) is 2.79. The lowest BCUT2D eigenvalue weighted by Crippen LogP contribution is -2.11. The fourth-order valence-electron chi connectivity index (χ4n) is 1.83. The molecule has 0 saturated heterocycles. The summed E-state index contributed by atoms with van der Waals surface area (Å²) in [6, 6.07) is 6.71. The molecule has 1 aromatic carbocycles. The van der Waals surface area contributed by atoms with Crippen molar-refractivity contribution in [3.8, 4) is 0 Å². The van der Waals surface area contributed by atoms with Crippen molar-refractivity contribution >= 4 is 28.5 Å². The Kier molecular flexibility index (Phi) is 3.42. The van der Waals surface area contributed by atoms with Crippen molar-refractivity contribution < 1.29 is 4.42 Å². The van der Waals surface area contributed by atoms with E-state index in [0.29, 0.717) is 27.3 Å². The first-order valence-electron chi connectivity index (χ1n) is 6.46. The van der Waals surface area contributed by atoms with Crippen molar-refractivity contribution in [3.63, 3.8) is 0 Å². The Balaban J connectivity index is 1.96. The molecule has 3 aromatic rings. The zero-order valence-electron chi connectivity index (χ0n) is 11.6. The van der Waals surface area contributed by atoms with Crippen LogP contribution in [0.4, 0.5) is 5.69 Å². The molecule has 0 bridgehead atoms. The Morgan fingerprint density at radius 3 is 2.86 bits per heavy atom. The summed E-state index contributed by atoms with van der Waals surface area (Å²) in [6.45, 7) is 3.93. The first kappa shape index (κ1) is 13.7. The van der Waals surface area contributed by atoms with Crippen LogP contribution >= 0.6 is 11.8 Å². The lowest BCUT2D eigenvalue weighted by molar-refractivity contribution is 0.489. The summed E-state index contributed by atoms with van der Waals surface area (Å²) in [7, 11) is 0. The number of aromatic nitrogens is 3. The van der Waals surface area contributed by atoms with E-state index in [1.807, 2.05) is 13.8 Å². The van der Waals surface area contributed by atoms with E-state index in [9.17, 15) is 4.79 Å². The number of H-pyrrole nitrogens is 1. The maximum atomic E-state index is 11.6. The predicted molar refractivity (Wildman–Crippen MR) is 81.5 cm³/mol. The Morgan fingerprint density at radius 2 is 2.10 bits per heavy atom.